The monoisotopic (exact) mass is 351 g/mol. The van der Waals surface area contributed by atoms with E-state index < -0.39 is 0 Å². The molecule has 2 rings (SSSR count). The average molecular weight is 352 g/mol. The first-order chi connectivity index (χ1) is 9.52. The van der Waals surface area contributed by atoms with Gasteiger partial charge in [0.15, 0.2) is 0 Å². The Morgan fingerprint density at radius 1 is 1.20 bits per heavy atom. The summed E-state index contributed by atoms with van der Waals surface area (Å²) in [6.07, 6.45) is 1.17. The van der Waals surface area contributed by atoms with E-state index in [2.05, 4.69) is 73.2 Å². The number of rotatable bonds is 5. The van der Waals surface area contributed by atoms with Crippen molar-refractivity contribution in [1.29, 1.82) is 0 Å². The molecule has 20 heavy (non-hydrogen) atoms. The van der Waals surface area contributed by atoms with Crippen LogP contribution >= 0.6 is 27.3 Å². The molecular formula is C17H22BrNS. The van der Waals surface area contributed by atoms with Gasteiger partial charge in [-0.2, -0.15) is 0 Å². The van der Waals surface area contributed by atoms with Gasteiger partial charge in [-0.25, -0.2) is 0 Å². The molecular weight excluding hydrogens is 330 g/mol. The van der Waals surface area contributed by atoms with Crippen molar-refractivity contribution in [2.75, 3.05) is 6.54 Å². The molecule has 0 aliphatic heterocycles. The molecule has 1 nitrogen and oxygen atoms in total. The lowest BCUT2D eigenvalue weighted by molar-refractivity contribution is 0.578. The molecule has 1 aromatic heterocycles. The van der Waals surface area contributed by atoms with Crippen molar-refractivity contribution in [3.63, 3.8) is 0 Å². The Labute approximate surface area is 134 Å². The second-order valence-electron chi connectivity index (χ2n) is 5.30. The van der Waals surface area contributed by atoms with Gasteiger partial charge in [-0.05, 0) is 74.7 Å². The molecule has 1 heterocycles. The van der Waals surface area contributed by atoms with E-state index in [9.17, 15) is 0 Å². The maximum absolute atomic E-state index is 3.64. The number of nitrogens with one attached hydrogen (secondary N) is 1. The van der Waals surface area contributed by atoms with Crippen LogP contribution in [0.2, 0.25) is 0 Å². The van der Waals surface area contributed by atoms with Crippen LogP contribution in [-0.2, 0) is 0 Å². The minimum atomic E-state index is 0.436. The van der Waals surface area contributed by atoms with Crippen molar-refractivity contribution in [2.24, 2.45) is 0 Å². The lowest BCUT2D eigenvalue weighted by Crippen LogP contribution is -2.18. The molecule has 0 aliphatic carbocycles. The first-order valence-electron chi connectivity index (χ1n) is 7.13. The highest BCUT2D eigenvalue weighted by atomic mass is 79.9. The van der Waals surface area contributed by atoms with E-state index in [1.807, 2.05) is 11.3 Å². The molecule has 0 aliphatic rings. The fraction of sp³-hybridized carbons (Fsp3) is 0.412. The van der Waals surface area contributed by atoms with Gasteiger partial charge >= 0.3 is 0 Å². The maximum Gasteiger partial charge on any atom is 0.0386 e. The number of aryl methyl sites for hydroxylation is 2. The summed E-state index contributed by atoms with van der Waals surface area (Å²) in [6.45, 7) is 9.82. The maximum atomic E-state index is 3.64. The molecule has 0 saturated carbocycles. The first-order valence-corrected chi connectivity index (χ1v) is 8.74. The zero-order chi connectivity index (χ0) is 14.7. The van der Waals surface area contributed by atoms with E-state index >= 15 is 0 Å². The SMILES string of the molecule is CCCNC(C)c1ccc(-c2cc(C)c(Br)c(C)c2)s1. The second-order valence-corrected chi connectivity index (χ2v) is 7.21. The molecule has 0 fully saturated rings. The summed E-state index contributed by atoms with van der Waals surface area (Å²) < 4.78 is 1.22. The van der Waals surface area contributed by atoms with Crippen LogP contribution in [0.15, 0.2) is 28.7 Å². The van der Waals surface area contributed by atoms with Gasteiger partial charge in [-0.3, -0.25) is 0 Å². The second kappa shape index (κ2) is 6.88. The van der Waals surface area contributed by atoms with Crippen LogP contribution in [0.25, 0.3) is 10.4 Å². The summed E-state index contributed by atoms with van der Waals surface area (Å²) >= 11 is 5.53. The summed E-state index contributed by atoms with van der Waals surface area (Å²) in [6, 6.07) is 9.45. The van der Waals surface area contributed by atoms with Crippen LogP contribution < -0.4 is 5.32 Å². The van der Waals surface area contributed by atoms with E-state index in [1.165, 1.54) is 37.3 Å². The Morgan fingerprint density at radius 3 is 2.45 bits per heavy atom. The van der Waals surface area contributed by atoms with E-state index in [-0.39, 0.29) is 0 Å². The van der Waals surface area contributed by atoms with Crippen LogP contribution in [0.3, 0.4) is 0 Å². The average Bonchev–Trinajstić information content (AvgIpc) is 2.91. The quantitative estimate of drug-likeness (QED) is 0.711. The van der Waals surface area contributed by atoms with Crippen LogP contribution in [0, 0.1) is 13.8 Å². The third-order valence-electron chi connectivity index (χ3n) is 3.48. The van der Waals surface area contributed by atoms with Gasteiger partial charge < -0.3 is 5.32 Å². The normalized spacial score (nSPS) is 12.7. The molecule has 0 bridgehead atoms. The highest BCUT2D eigenvalue weighted by Gasteiger charge is 2.10. The van der Waals surface area contributed by atoms with Crippen LogP contribution in [0.4, 0.5) is 0 Å². The minimum absolute atomic E-state index is 0.436. The van der Waals surface area contributed by atoms with Crippen LogP contribution in [0.1, 0.15) is 42.3 Å². The Bertz CT molecular complexity index is 565. The molecule has 2 aromatic rings. The standard InChI is InChI=1S/C17H22BrNS/c1-5-8-19-13(4)15-6-7-16(20-15)14-9-11(2)17(18)12(3)10-14/h6-7,9-10,13,19H,5,8H2,1-4H3. The van der Waals surface area contributed by atoms with Crippen LogP contribution in [-0.4, -0.2) is 6.54 Å². The number of benzene rings is 1. The topological polar surface area (TPSA) is 12.0 Å². The van der Waals surface area contributed by atoms with Gasteiger partial charge in [0.05, 0.1) is 0 Å². The smallest absolute Gasteiger partial charge is 0.0386 e. The van der Waals surface area contributed by atoms with Crippen molar-refractivity contribution in [3.05, 3.63) is 44.7 Å². The Hall–Kier alpha value is -0.640. The molecule has 0 amide bonds. The van der Waals surface area contributed by atoms with Gasteiger partial charge in [0.25, 0.3) is 0 Å². The molecule has 0 saturated heterocycles. The minimum Gasteiger partial charge on any atom is -0.309 e. The lowest BCUT2D eigenvalue weighted by Gasteiger charge is -2.10. The summed E-state index contributed by atoms with van der Waals surface area (Å²) in [5.74, 6) is 0. The van der Waals surface area contributed by atoms with E-state index in [4.69, 9.17) is 0 Å². The van der Waals surface area contributed by atoms with E-state index in [0.29, 0.717) is 6.04 Å². The Morgan fingerprint density at radius 2 is 1.85 bits per heavy atom. The van der Waals surface area contributed by atoms with Gasteiger partial charge in [-0.15, -0.1) is 11.3 Å². The number of hydrogen-bond donors (Lipinski definition) is 1. The van der Waals surface area contributed by atoms with Crippen molar-refractivity contribution >= 4 is 27.3 Å². The van der Waals surface area contributed by atoms with Gasteiger partial charge in [0.1, 0.15) is 0 Å². The third kappa shape index (κ3) is 3.51. The third-order valence-corrected chi connectivity index (χ3v) is 6.04. The molecule has 0 radical (unpaired) electrons. The van der Waals surface area contributed by atoms with Crippen molar-refractivity contribution in [3.8, 4) is 10.4 Å². The fourth-order valence-corrected chi connectivity index (χ4v) is 3.54. The van der Waals surface area contributed by atoms with Crippen LogP contribution in [0.5, 0.6) is 0 Å². The number of hydrogen-bond acceptors (Lipinski definition) is 2. The Kier molecular flexibility index (Phi) is 5.42. The highest BCUT2D eigenvalue weighted by molar-refractivity contribution is 9.10. The van der Waals surface area contributed by atoms with Gasteiger partial charge in [0.2, 0.25) is 0 Å². The van der Waals surface area contributed by atoms with Crippen molar-refractivity contribution in [2.45, 2.75) is 40.2 Å². The number of thiophene rings is 1. The Balaban J connectivity index is 2.24. The van der Waals surface area contributed by atoms with Gasteiger partial charge in [-0.1, -0.05) is 22.9 Å². The molecule has 1 atom stereocenters. The molecule has 3 heteroatoms. The largest absolute Gasteiger partial charge is 0.309 e. The van der Waals surface area contributed by atoms with Crippen molar-refractivity contribution in [1.82, 2.24) is 5.32 Å². The summed E-state index contributed by atoms with van der Waals surface area (Å²) in [5.41, 5.74) is 3.92. The zero-order valence-corrected chi connectivity index (χ0v) is 15.0. The van der Waals surface area contributed by atoms with E-state index in [1.54, 1.807) is 0 Å². The van der Waals surface area contributed by atoms with Crippen molar-refractivity contribution < 1.29 is 0 Å². The number of halogens is 1. The molecule has 0 spiro atoms. The lowest BCUT2D eigenvalue weighted by atomic mass is 10.1. The predicted octanol–water partition coefficient (Wildman–Crippen LogP) is 5.86. The zero-order valence-electron chi connectivity index (χ0n) is 12.6. The fourth-order valence-electron chi connectivity index (χ4n) is 2.29. The molecule has 108 valence electrons. The molecule has 1 unspecified atom stereocenters. The molecule has 1 N–H and O–H groups in total. The van der Waals surface area contributed by atoms with Gasteiger partial charge in [0, 0.05) is 20.3 Å². The van der Waals surface area contributed by atoms with E-state index in [0.717, 1.165) is 6.54 Å². The summed E-state index contributed by atoms with van der Waals surface area (Å²) in [7, 11) is 0. The first kappa shape index (κ1) is 15.7. The molecule has 1 aromatic carbocycles. The predicted molar refractivity (Wildman–Crippen MR) is 93.6 cm³/mol. The highest BCUT2D eigenvalue weighted by Crippen LogP contribution is 2.34. The summed E-state index contributed by atoms with van der Waals surface area (Å²) in [4.78, 5) is 2.76. The summed E-state index contributed by atoms with van der Waals surface area (Å²) in [5, 5.41) is 3.55.